The van der Waals surface area contributed by atoms with Gasteiger partial charge < -0.3 is 4.90 Å². The molecule has 0 radical (unpaired) electrons. The van der Waals surface area contributed by atoms with Crippen molar-refractivity contribution in [1.82, 2.24) is 4.90 Å². The van der Waals surface area contributed by atoms with Crippen molar-refractivity contribution in [2.75, 3.05) is 18.0 Å². The molecule has 0 aromatic heterocycles. The Labute approximate surface area is 149 Å². The van der Waals surface area contributed by atoms with Crippen LogP contribution >= 0.6 is 0 Å². The van der Waals surface area contributed by atoms with Crippen LogP contribution in [0.4, 0.5) is 5.69 Å². The summed E-state index contributed by atoms with van der Waals surface area (Å²) in [5.74, 6) is -0.0472. The van der Waals surface area contributed by atoms with Gasteiger partial charge in [0.25, 0.3) is 0 Å². The zero-order valence-corrected chi connectivity index (χ0v) is 14.7. The van der Waals surface area contributed by atoms with Crippen LogP contribution in [0.3, 0.4) is 0 Å². The van der Waals surface area contributed by atoms with E-state index in [-0.39, 0.29) is 23.7 Å². The van der Waals surface area contributed by atoms with Gasteiger partial charge in [-0.3, -0.25) is 14.5 Å². The lowest BCUT2D eigenvalue weighted by molar-refractivity contribution is -0.123. The van der Waals surface area contributed by atoms with Gasteiger partial charge in [-0.05, 0) is 50.7 Å². The van der Waals surface area contributed by atoms with Gasteiger partial charge in [0.1, 0.15) is 0 Å². The topological polar surface area (TPSA) is 40.6 Å². The standard InChI is InChI=1S/C21H26N2O2/c24-20-15-18(21(25)23(20)16-9-3-1-4-10-16)17-11-5-6-12-19(17)22-13-7-2-8-14-22/h1,3-4,9-10,12,17-18H,2,5-8,11,13-15H2. The molecule has 0 saturated carbocycles. The highest BCUT2D eigenvalue weighted by Gasteiger charge is 2.45. The van der Waals surface area contributed by atoms with E-state index in [0.29, 0.717) is 12.1 Å². The summed E-state index contributed by atoms with van der Waals surface area (Å²) >= 11 is 0. The Morgan fingerprint density at radius 2 is 1.64 bits per heavy atom. The number of amides is 2. The quantitative estimate of drug-likeness (QED) is 0.789. The Morgan fingerprint density at radius 3 is 2.40 bits per heavy atom. The first-order valence-electron chi connectivity index (χ1n) is 9.62. The number of carbonyl (C=O) groups is 2. The Kier molecular flexibility index (Phi) is 4.60. The summed E-state index contributed by atoms with van der Waals surface area (Å²) in [6, 6.07) is 9.36. The number of hydrogen-bond donors (Lipinski definition) is 0. The molecular formula is C21H26N2O2. The molecule has 0 bridgehead atoms. The summed E-state index contributed by atoms with van der Waals surface area (Å²) in [7, 11) is 0. The molecule has 0 spiro atoms. The van der Waals surface area contributed by atoms with E-state index in [4.69, 9.17) is 0 Å². The number of anilines is 1. The molecule has 132 valence electrons. The zero-order valence-electron chi connectivity index (χ0n) is 14.7. The zero-order chi connectivity index (χ0) is 17.2. The fraction of sp³-hybridized carbons (Fsp3) is 0.524. The van der Waals surface area contributed by atoms with Gasteiger partial charge in [0.15, 0.2) is 0 Å². The fourth-order valence-electron chi connectivity index (χ4n) is 4.63. The van der Waals surface area contributed by atoms with Gasteiger partial charge in [-0.2, -0.15) is 0 Å². The normalized spacial score (nSPS) is 27.6. The van der Waals surface area contributed by atoms with Crippen molar-refractivity contribution in [3.63, 3.8) is 0 Å². The Bertz CT molecular complexity index is 676. The first-order valence-corrected chi connectivity index (χ1v) is 9.62. The van der Waals surface area contributed by atoms with Crippen molar-refractivity contribution in [1.29, 1.82) is 0 Å². The van der Waals surface area contributed by atoms with E-state index in [9.17, 15) is 9.59 Å². The van der Waals surface area contributed by atoms with E-state index < -0.39 is 0 Å². The summed E-state index contributed by atoms with van der Waals surface area (Å²) in [6.45, 7) is 2.19. The second kappa shape index (κ2) is 7.03. The van der Waals surface area contributed by atoms with E-state index in [0.717, 1.165) is 32.4 Å². The van der Waals surface area contributed by atoms with Gasteiger partial charge in [-0.25, -0.2) is 0 Å². The lowest BCUT2D eigenvalue weighted by atomic mass is 9.80. The van der Waals surface area contributed by atoms with Crippen LogP contribution in [0.5, 0.6) is 0 Å². The number of para-hydroxylation sites is 1. The highest BCUT2D eigenvalue weighted by Crippen LogP contribution is 2.40. The molecule has 2 aliphatic heterocycles. The number of likely N-dealkylation sites (tertiary alicyclic amines) is 1. The smallest absolute Gasteiger partial charge is 0.238 e. The molecule has 4 heteroatoms. The largest absolute Gasteiger partial charge is 0.375 e. The predicted molar refractivity (Wildman–Crippen MR) is 97.9 cm³/mol. The van der Waals surface area contributed by atoms with Crippen molar-refractivity contribution in [2.24, 2.45) is 11.8 Å². The number of nitrogens with zero attached hydrogens (tertiary/aromatic N) is 2. The highest BCUT2D eigenvalue weighted by atomic mass is 16.2. The lowest BCUT2D eigenvalue weighted by Crippen LogP contribution is -2.38. The summed E-state index contributed by atoms with van der Waals surface area (Å²) in [6.07, 6.45) is 9.69. The van der Waals surface area contributed by atoms with Gasteiger partial charge in [0, 0.05) is 31.1 Å². The third-order valence-corrected chi connectivity index (χ3v) is 5.86. The van der Waals surface area contributed by atoms with Crippen LogP contribution in [0.2, 0.25) is 0 Å². The van der Waals surface area contributed by atoms with Gasteiger partial charge in [-0.15, -0.1) is 0 Å². The van der Waals surface area contributed by atoms with Gasteiger partial charge in [0.2, 0.25) is 11.8 Å². The second-order valence-electron chi connectivity index (χ2n) is 7.43. The molecule has 2 atom stereocenters. The Hall–Kier alpha value is -2.10. The van der Waals surface area contributed by atoms with Gasteiger partial charge in [-0.1, -0.05) is 24.3 Å². The van der Waals surface area contributed by atoms with E-state index >= 15 is 0 Å². The number of hydrogen-bond acceptors (Lipinski definition) is 3. The van der Waals surface area contributed by atoms with Crippen LogP contribution in [0.1, 0.15) is 44.9 Å². The van der Waals surface area contributed by atoms with E-state index in [2.05, 4.69) is 11.0 Å². The number of allylic oxidation sites excluding steroid dienone is 2. The highest BCUT2D eigenvalue weighted by molar-refractivity contribution is 6.21. The van der Waals surface area contributed by atoms with E-state index in [1.807, 2.05) is 30.3 Å². The number of piperidine rings is 1. The first kappa shape index (κ1) is 16.4. The molecule has 25 heavy (non-hydrogen) atoms. The van der Waals surface area contributed by atoms with Gasteiger partial charge in [0.05, 0.1) is 11.6 Å². The van der Waals surface area contributed by atoms with Crippen molar-refractivity contribution in [3.8, 4) is 0 Å². The predicted octanol–water partition coefficient (Wildman–Crippen LogP) is 3.74. The summed E-state index contributed by atoms with van der Waals surface area (Å²) < 4.78 is 0. The minimum Gasteiger partial charge on any atom is -0.375 e. The molecule has 2 amide bonds. The van der Waals surface area contributed by atoms with Crippen LogP contribution in [0.25, 0.3) is 0 Å². The SMILES string of the molecule is O=C1CC(C2CCCC=C2N2CCCCC2)C(=O)N1c1ccccc1. The summed E-state index contributed by atoms with van der Waals surface area (Å²) in [5.41, 5.74) is 2.05. The van der Waals surface area contributed by atoms with Crippen LogP contribution in [0, 0.1) is 11.8 Å². The molecule has 4 nitrogen and oxygen atoms in total. The number of rotatable bonds is 3. The summed E-state index contributed by atoms with van der Waals surface area (Å²) in [4.78, 5) is 29.6. The minimum atomic E-state index is -0.193. The average molecular weight is 338 g/mol. The lowest BCUT2D eigenvalue weighted by Gasteiger charge is -2.39. The molecule has 4 rings (SSSR count). The number of carbonyl (C=O) groups excluding carboxylic acids is 2. The summed E-state index contributed by atoms with van der Waals surface area (Å²) in [5, 5.41) is 0. The van der Waals surface area contributed by atoms with Crippen LogP contribution in [-0.2, 0) is 9.59 Å². The third kappa shape index (κ3) is 3.10. The minimum absolute atomic E-state index is 0.00832. The molecular weight excluding hydrogens is 312 g/mol. The molecule has 2 heterocycles. The van der Waals surface area contributed by atoms with E-state index in [1.54, 1.807) is 0 Å². The number of benzene rings is 1. The maximum atomic E-state index is 13.1. The second-order valence-corrected chi connectivity index (χ2v) is 7.43. The first-order chi connectivity index (χ1) is 12.3. The molecule has 1 aromatic carbocycles. The Morgan fingerprint density at radius 1 is 0.880 bits per heavy atom. The van der Waals surface area contributed by atoms with Crippen molar-refractivity contribution in [2.45, 2.75) is 44.9 Å². The monoisotopic (exact) mass is 338 g/mol. The number of imide groups is 1. The van der Waals surface area contributed by atoms with Crippen molar-refractivity contribution < 1.29 is 9.59 Å². The van der Waals surface area contributed by atoms with Crippen LogP contribution in [-0.4, -0.2) is 29.8 Å². The fourth-order valence-corrected chi connectivity index (χ4v) is 4.63. The molecule has 3 aliphatic rings. The Balaban J connectivity index is 1.58. The van der Waals surface area contributed by atoms with Crippen LogP contribution in [0.15, 0.2) is 42.1 Å². The average Bonchev–Trinajstić information content (AvgIpc) is 2.97. The maximum absolute atomic E-state index is 13.1. The van der Waals surface area contributed by atoms with E-state index in [1.165, 1.54) is 29.9 Å². The molecule has 0 N–H and O–H groups in total. The molecule has 2 unspecified atom stereocenters. The van der Waals surface area contributed by atoms with Crippen LogP contribution < -0.4 is 4.90 Å². The third-order valence-electron chi connectivity index (χ3n) is 5.86. The van der Waals surface area contributed by atoms with Gasteiger partial charge >= 0.3 is 0 Å². The molecule has 1 aliphatic carbocycles. The van der Waals surface area contributed by atoms with Crippen molar-refractivity contribution in [3.05, 3.63) is 42.1 Å². The molecule has 1 aromatic rings. The van der Waals surface area contributed by atoms with Crippen molar-refractivity contribution >= 4 is 17.5 Å². The molecule has 2 saturated heterocycles. The maximum Gasteiger partial charge on any atom is 0.238 e. The molecule has 2 fully saturated rings.